The second kappa shape index (κ2) is 6.08. The minimum atomic E-state index is -0.140. The van der Waals surface area contributed by atoms with Gasteiger partial charge in [0.1, 0.15) is 5.82 Å². The van der Waals surface area contributed by atoms with Gasteiger partial charge in [0.15, 0.2) is 0 Å². The first-order valence-corrected chi connectivity index (χ1v) is 8.46. The monoisotopic (exact) mass is 316 g/mol. The van der Waals surface area contributed by atoms with Crippen molar-refractivity contribution in [3.63, 3.8) is 0 Å². The summed E-state index contributed by atoms with van der Waals surface area (Å²) >= 11 is 0. The van der Waals surface area contributed by atoms with Crippen molar-refractivity contribution >= 4 is 0 Å². The minimum absolute atomic E-state index is 0.118. The quantitative estimate of drug-likeness (QED) is 0.739. The molecule has 1 aliphatic rings. The first kappa shape index (κ1) is 14.9. The highest BCUT2D eigenvalue weighted by Crippen LogP contribution is 2.27. The molecular weight excluding hydrogens is 296 g/mol. The highest BCUT2D eigenvalue weighted by molar-refractivity contribution is 5.35. The van der Waals surface area contributed by atoms with E-state index in [0.717, 1.165) is 47.5 Å². The smallest absolute Gasteiger partial charge is 0.257 e. The largest absolute Gasteiger partial charge is 0.285 e. The normalized spacial score (nSPS) is 13.2. The lowest BCUT2D eigenvalue weighted by molar-refractivity contribution is 0.603. The molecule has 0 unspecified atom stereocenters. The van der Waals surface area contributed by atoms with Gasteiger partial charge in [-0.05, 0) is 37.3 Å². The number of nitrogens with zero attached hydrogens (tertiary/aromatic N) is 2. The molecule has 1 heterocycles. The molecule has 4 rings (SSSR count). The third-order valence-electron chi connectivity index (χ3n) is 4.80. The van der Waals surface area contributed by atoms with Crippen LogP contribution in [0.2, 0.25) is 0 Å². The Morgan fingerprint density at radius 3 is 2.08 bits per heavy atom. The molecular formula is C21H20N2O. The van der Waals surface area contributed by atoms with Crippen LogP contribution in [0.15, 0.2) is 65.5 Å². The molecule has 0 aliphatic heterocycles. The molecule has 0 spiro atoms. The molecule has 3 aromatic rings. The lowest BCUT2D eigenvalue weighted by atomic mass is 9.98. The van der Waals surface area contributed by atoms with Crippen LogP contribution in [0.1, 0.15) is 40.7 Å². The fraction of sp³-hybridized carbons (Fsp3) is 0.238. The number of hydrogen-bond donors (Lipinski definition) is 0. The molecule has 0 fully saturated rings. The zero-order valence-corrected chi connectivity index (χ0v) is 13.8. The van der Waals surface area contributed by atoms with Crippen LogP contribution in [0.5, 0.6) is 0 Å². The van der Waals surface area contributed by atoms with Crippen molar-refractivity contribution in [1.29, 1.82) is 0 Å². The Bertz CT molecular complexity index is 874. The van der Waals surface area contributed by atoms with Crippen LogP contribution >= 0.6 is 0 Å². The van der Waals surface area contributed by atoms with Crippen molar-refractivity contribution < 1.29 is 0 Å². The molecule has 0 N–H and O–H groups in total. The Morgan fingerprint density at radius 2 is 1.50 bits per heavy atom. The Kier molecular flexibility index (Phi) is 3.77. The summed E-state index contributed by atoms with van der Waals surface area (Å²) in [6, 6.07) is 20.3. The van der Waals surface area contributed by atoms with Gasteiger partial charge in [-0.25, -0.2) is 4.98 Å². The predicted octanol–water partition coefficient (Wildman–Crippen LogP) is 3.68. The maximum atomic E-state index is 13.2. The fourth-order valence-corrected chi connectivity index (χ4v) is 3.69. The SMILES string of the molecule is Cc1nc2c(c(=O)n1C(c1ccccc1)c1ccccc1)CCC2. The summed E-state index contributed by atoms with van der Waals surface area (Å²) in [5.74, 6) is 0.790. The van der Waals surface area contributed by atoms with Crippen LogP contribution in [-0.2, 0) is 12.8 Å². The third kappa shape index (κ3) is 2.46. The highest BCUT2D eigenvalue weighted by Gasteiger charge is 2.25. The van der Waals surface area contributed by atoms with E-state index in [1.165, 1.54) is 0 Å². The highest BCUT2D eigenvalue weighted by atomic mass is 16.1. The van der Waals surface area contributed by atoms with Crippen LogP contribution < -0.4 is 5.56 Å². The van der Waals surface area contributed by atoms with E-state index in [1.807, 2.05) is 47.9 Å². The molecule has 0 bridgehead atoms. The molecule has 0 saturated heterocycles. The average Bonchev–Trinajstić information content (AvgIpc) is 3.08. The van der Waals surface area contributed by atoms with E-state index in [9.17, 15) is 4.79 Å². The summed E-state index contributed by atoms with van der Waals surface area (Å²) in [5, 5.41) is 0. The predicted molar refractivity (Wildman–Crippen MR) is 95.4 cm³/mol. The van der Waals surface area contributed by atoms with Gasteiger partial charge in [0.25, 0.3) is 5.56 Å². The molecule has 3 heteroatoms. The van der Waals surface area contributed by atoms with Gasteiger partial charge in [0.05, 0.1) is 11.7 Å². The van der Waals surface area contributed by atoms with Gasteiger partial charge in [0.2, 0.25) is 0 Å². The molecule has 24 heavy (non-hydrogen) atoms. The second-order valence-corrected chi connectivity index (χ2v) is 6.34. The van der Waals surface area contributed by atoms with Gasteiger partial charge in [-0.1, -0.05) is 60.7 Å². The zero-order chi connectivity index (χ0) is 16.5. The van der Waals surface area contributed by atoms with Gasteiger partial charge in [0, 0.05) is 5.56 Å². The number of aromatic nitrogens is 2. The summed E-state index contributed by atoms with van der Waals surface area (Å²) in [5.41, 5.74) is 4.22. The van der Waals surface area contributed by atoms with Gasteiger partial charge in [-0.3, -0.25) is 9.36 Å². The summed E-state index contributed by atoms with van der Waals surface area (Å²) in [6.45, 7) is 1.94. The van der Waals surface area contributed by atoms with E-state index in [4.69, 9.17) is 4.98 Å². The lowest BCUT2D eigenvalue weighted by Crippen LogP contribution is -2.32. The first-order chi connectivity index (χ1) is 11.8. The summed E-state index contributed by atoms with van der Waals surface area (Å²) in [4.78, 5) is 17.9. The molecule has 120 valence electrons. The minimum Gasteiger partial charge on any atom is -0.285 e. The summed E-state index contributed by atoms with van der Waals surface area (Å²) in [6.07, 6.45) is 2.80. The second-order valence-electron chi connectivity index (χ2n) is 6.34. The van der Waals surface area contributed by atoms with E-state index >= 15 is 0 Å². The molecule has 2 aromatic carbocycles. The number of hydrogen-bond acceptors (Lipinski definition) is 2. The van der Waals surface area contributed by atoms with Crippen LogP contribution in [0.25, 0.3) is 0 Å². The van der Waals surface area contributed by atoms with Crippen LogP contribution in [0.4, 0.5) is 0 Å². The van der Waals surface area contributed by atoms with Crippen molar-refractivity contribution in [2.45, 2.75) is 32.2 Å². The molecule has 0 saturated carbocycles. The Balaban J connectivity index is 1.98. The van der Waals surface area contributed by atoms with Crippen molar-refractivity contribution in [3.8, 4) is 0 Å². The van der Waals surface area contributed by atoms with E-state index in [1.54, 1.807) is 0 Å². The number of rotatable bonds is 3. The topological polar surface area (TPSA) is 34.9 Å². The Labute approximate surface area is 141 Å². The van der Waals surface area contributed by atoms with Crippen molar-refractivity contribution in [1.82, 2.24) is 9.55 Å². The van der Waals surface area contributed by atoms with E-state index in [0.29, 0.717) is 0 Å². The maximum Gasteiger partial charge on any atom is 0.257 e. The number of benzene rings is 2. The van der Waals surface area contributed by atoms with E-state index in [2.05, 4.69) is 24.3 Å². The molecule has 1 aliphatic carbocycles. The molecule has 0 radical (unpaired) electrons. The average molecular weight is 316 g/mol. The molecule has 3 nitrogen and oxygen atoms in total. The standard InChI is InChI=1S/C21H20N2O/c1-15-22-19-14-8-13-18(19)21(24)23(15)20(16-9-4-2-5-10-16)17-11-6-3-7-12-17/h2-7,9-12,20H,8,13-14H2,1H3. The van der Waals surface area contributed by atoms with Crippen LogP contribution in [0, 0.1) is 6.92 Å². The van der Waals surface area contributed by atoms with Gasteiger partial charge < -0.3 is 0 Å². The first-order valence-electron chi connectivity index (χ1n) is 8.46. The third-order valence-corrected chi connectivity index (χ3v) is 4.80. The van der Waals surface area contributed by atoms with E-state index < -0.39 is 0 Å². The Morgan fingerprint density at radius 1 is 0.917 bits per heavy atom. The number of fused-ring (bicyclic) bond motifs is 1. The lowest BCUT2D eigenvalue weighted by Gasteiger charge is -2.23. The van der Waals surface area contributed by atoms with E-state index in [-0.39, 0.29) is 11.6 Å². The van der Waals surface area contributed by atoms with Crippen LogP contribution in [-0.4, -0.2) is 9.55 Å². The van der Waals surface area contributed by atoms with Crippen LogP contribution in [0.3, 0.4) is 0 Å². The summed E-state index contributed by atoms with van der Waals surface area (Å²) < 4.78 is 1.87. The maximum absolute atomic E-state index is 13.2. The van der Waals surface area contributed by atoms with Gasteiger partial charge in [-0.15, -0.1) is 0 Å². The Hall–Kier alpha value is -2.68. The van der Waals surface area contributed by atoms with Crippen molar-refractivity contribution in [3.05, 3.63) is 99.2 Å². The van der Waals surface area contributed by atoms with Crippen molar-refractivity contribution in [2.75, 3.05) is 0 Å². The molecule has 1 aromatic heterocycles. The fourth-order valence-electron chi connectivity index (χ4n) is 3.69. The summed E-state index contributed by atoms with van der Waals surface area (Å²) in [7, 11) is 0. The molecule has 0 amide bonds. The molecule has 0 atom stereocenters. The van der Waals surface area contributed by atoms with Gasteiger partial charge in [-0.2, -0.15) is 0 Å². The number of aryl methyl sites for hydroxylation is 2. The van der Waals surface area contributed by atoms with Crippen molar-refractivity contribution in [2.24, 2.45) is 0 Å². The van der Waals surface area contributed by atoms with Gasteiger partial charge >= 0.3 is 0 Å². The zero-order valence-electron chi connectivity index (χ0n) is 13.8.